The monoisotopic (exact) mass is 435 g/mol. The molecular weight excluding hydrogens is 394 g/mol. The minimum Gasteiger partial charge on any atom is -0.494 e. The predicted octanol–water partition coefficient (Wildman–Crippen LogP) is 4.77. The maximum atomic E-state index is 12.0. The zero-order valence-electron chi connectivity index (χ0n) is 19.9. The maximum Gasteiger partial charge on any atom is 0.307 e. The maximum absolute atomic E-state index is 12.0. The molecule has 0 aliphatic carbocycles. The summed E-state index contributed by atoms with van der Waals surface area (Å²) >= 11 is 0. The van der Waals surface area contributed by atoms with Crippen molar-refractivity contribution in [1.29, 1.82) is 0 Å². The number of esters is 1. The Hall–Kier alpha value is -1.63. The fourth-order valence-corrected chi connectivity index (χ4v) is 3.60. The number of unbranched alkanes of at least 4 members (excludes halogenated alkanes) is 4. The lowest BCUT2D eigenvalue weighted by molar-refractivity contribution is -0.155. The zero-order valence-corrected chi connectivity index (χ0v) is 19.9. The molecule has 1 aromatic rings. The number of benzene rings is 1. The first-order valence-electron chi connectivity index (χ1n) is 11.6. The Balaban J connectivity index is 1.67. The molecule has 1 unspecified atom stereocenters. The van der Waals surface area contributed by atoms with Crippen LogP contribution in [0.3, 0.4) is 0 Å². The minimum absolute atomic E-state index is 0.0218. The Morgan fingerprint density at radius 2 is 1.74 bits per heavy atom. The van der Waals surface area contributed by atoms with E-state index in [1.807, 2.05) is 32.9 Å². The zero-order chi connectivity index (χ0) is 22.5. The Bertz CT molecular complexity index is 626. The topological polar surface area (TPSA) is 57.2 Å². The Labute approximate surface area is 188 Å². The van der Waals surface area contributed by atoms with E-state index in [0.717, 1.165) is 50.5 Å². The molecule has 0 saturated carbocycles. The average molecular weight is 436 g/mol. The molecule has 2 rings (SSSR count). The highest BCUT2D eigenvalue weighted by molar-refractivity contribution is 5.70. The molecule has 176 valence electrons. The first-order valence-corrected chi connectivity index (χ1v) is 11.6. The highest BCUT2D eigenvalue weighted by Gasteiger charge is 2.23. The van der Waals surface area contributed by atoms with Gasteiger partial charge >= 0.3 is 5.97 Å². The van der Waals surface area contributed by atoms with Crippen LogP contribution in [0.1, 0.15) is 71.0 Å². The van der Waals surface area contributed by atoms with Gasteiger partial charge in [0, 0.05) is 33.4 Å². The van der Waals surface area contributed by atoms with Crippen LogP contribution in [0.25, 0.3) is 0 Å². The number of nitrogens with zero attached hydrogens (tertiary/aromatic N) is 1. The van der Waals surface area contributed by atoms with Crippen molar-refractivity contribution in [1.82, 2.24) is 4.90 Å². The van der Waals surface area contributed by atoms with E-state index in [0.29, 0.717) is 19.6 Å². The second-order valence-corrected chi connectivity index (χ2v) is 9.17. The molecule has 1 saturated heterocycles. The molecular formula is C25H41NO5. The second-order valence-electron chi connectivity index (χ2n) is 9.17. The van der Waals surface area contributed by atoms with Crippen molar-refractivity contribution in [2.24, 2.45) is 0 Å². The van der Waals surface area contributed by atoms with Crippen LogP contribution in [0, 0.1) is 0 Å². The van der Waals surface area contributed by atoms with Gasteiger partial charge in [-0.05, 0) is 51.3 Å². The first-order chi connectivity index (χ1) is 14.9. The molecule has 6 heteroatoms. The quantitative estimate of drug-likeness (QED) is 0.329. The Morgan fingerprint density at radius 1 is 1.06 bits per heavy atom. The first kappa shape index (κ1) is 25.6. The number of carbonyl (C=O) groups is 1. The fraction of sp³-hybridized carbons (Fsp3) is 0.720. The van der Waals surface area contributed by atoms with Crippen molar-refractivity contribution in [3.63, 3.8) is 0 Å². The molecule has 0 radical (unpaired) electrons. The van der Waals surface area contributed by atoms with Crippen LogP contribution in [0.4, 0.5) is 0 Å². The Morgan fingerprint density at radius 3 is 2.42 bits per heavy atom. The predicted molar refractivity (Wildman–Crippen MR) is 122 cm³/mol. The number of carbonyl (C=O) groups excluding carboxylic acids is 1. The van der Waals surface area contributed by atoms with Gasteiger partial charge in [0.2, 0.25) is 0 Å². The number of rotatable bonds is 13. The second kappa shape index (κ2) is 13.7. The third kappa shape index (κ3) is 11.0. The van der Waals surface area contributed by atoms with Gasteiger partial charge < -0.3 is 18.9 Å². The number of morpholine rings is 1. The summed E-state index contributed by atoms with van der Waals surface area (Å²) in [5, 5.41) is 0. The fourth-order valence-electron chi connectivity index (χ4n) is 3.60. The van der Waals surface area contributed by atoms with E-state index in [-0.39, 0.29) is 12.1 Å². The van der Waals surface area contributed by atoms with Crippen LogP contribution < -0.4 is 4.74 Å². The van der Waals surface area contributed by atoms with Crippen molar-refractivity contribution in [3.05, 3.63) is 29.8 Å². The minimum atomic E-state index is -0.432. The molecule has 6 nitrogen and oxygen atoms in total. The van der Waals surface area contributed by atoms with Gasteiger partial charge in [-0.3, -0.25) is 9.69 Å². The molecule has 0 amide bonds. The summed E-state index contributed by atoms with van der Waals surface area (Å²) in [7, 11) is 1.75. The van der Waals surface area contributed by atoms with Crippen LogP contribution in [0.5, 0.6) is 5.75 Å². The summed E-state index contributed by atoms with van der Waals surface area (Å²) in [6, 6.07) is 8.22. The number of ether oxygens (including phenoxy) is 4. The van der Waals surface area contributed by atoms with E-state index in [9.17, 15) is 4.79 Å². The molecule has 1 fully saturated rings. The van der Waals surface area contributed by atoms with Crippen molar-refractivity contribution in [3.8, 4) is 5.75 Å². The van der Waals surface area contributed by atoms with E-state index in [4.69, 9.17) is 18.9 Å². The highest BCUT2D eigenvalue weighted by atomic mass is 16.6. The van der Waals surface area contributed by atoms with Crippen molar-refractivity contribution in [2.45, 2.75) is 71.0 Å². The standard InChI is InChI=1S/C25H41NO5/c1-25(2,3)31-24(27)14-15-26-16-19-30-23(20-26)21-10-12-22(13-11-21)29-18-9-7-5-6-8-17-28-4/h10-13,23H,5-9,14-20H2,1-4H3. The summed E-state index contributed by atoms with van der Waals surface area (Å²) in [5.74, 6) is 0.757. The molecule has 1 aliphatic rings. The lowest BCUT2D eigenvalue weighted by Gasteiger charge is -2.33. The van der Waals surface area contributed by atoms with Gasteiger partial charge in [-0.1, -0.05) is 31.4 Å². The van der Waals surface area contributed by atoms with Crippen molar-refractivity contribution < 1.29 is 23.7 Å². The summed E-state index contributed by atoms with van der Waals surface area (Å²) in [6.45, 7) is 10.3. The van der Waals surface area contributed by atoms with Crippen LogP contribution in [0.15, 0.2) is 24.3 Å². The van der Waals surface area contributed by atoms with Crippen LogP contribution in [-0.2, 0) is 19.0 Å². The molecule has 0 bridgehead atoms. The number of hydrogen-bond acceptors (Lipinski definition) is 6. The van der Waals surface area contributed by atoms with Gasteiger partial charge in [0.05, 0.1) is 25.7 Å². The number of methoxy groups -OCH3 is 1. The highest BCUT2D eigenvalue weighted by Crippen LogP contribution is 2.25. The van der Waals surface area contributed by atoms with Crippen LogP contribution >= 0.6 is 0 Å². The molecule has 0 aromatic heterocycles. The lowest BCUT2D eigenvalue weighted by Crippen LogP contribution is -2.39. The summed E-state index contributed by atoms with van der Waals surface area (Å²) < 4.78 is 22.3. The van der Waals surface area contributed by atoms with E-state index >= 15 is 0 Å². The van der Waals surface area contributed by atoms with Gasteiger partial charge in [0.25, 0.3) is 0 Å². The smallest absolute Gasteiger partial charge is 0.307 e. The largest absolute Gasteiger partial charge is 0.494 e. The number of hydrogen-bond donors (Lipinski definition) is 0. The lowest BCUT2D eigenvalue weighted by atomic mass is 10.1. The molecule has 0 N–H and O–H groups in total. The third-order valence-corrected chi connectivity index (χ3v) is 5.22. The SMILES string of the molecule is COCCCCCCCOc1ccc(C2CN(CCC(=O)OC(C)(C)C)CCO2)cc1. The van der Waals surface area contributed by atoms with Crippen molar-refractivity contribution in [2.75, 3.05) is 46.6 Å². The summed E-state index contributed by atoms with van der Waals surface area (Å²) in [6.07, 6.45) is 6.29. The molecule has 0 spiro atoms. The molecule has 1 aromatic carbocycles. The van der Waals surface area contributed by atoms with Gasteiger partial charge in [-0.25, -0.2) is 0 Å². The molecule has 1 aliphatic heterocycles. The van der Waals surface area contributed by atoms with E-state index < -0.39 is 5.60 Å². The molecule has 1 atom stereocenters. The van der Waals surface area contributed by atoms with Gasteiger partial charge in [0.15, 0.2) is 0 Å². The average Bonchev–Trinajstić information content (AvgIpc) is 2.74. The van der Waals surface area contributed by atoms with Crippen molar-refractivity contribution >= 4 is 5.97 Å². The van der Waals surface area contributed by atoms with E-state index in [1.165, 1.54) is 19.3 Å². The molecule has 1 heterocycles. The van der Waals surface area contributed by atoms with Gasteiger partial charge in [-0.15, -0.1) is 0 Å². The Kier molecular flexibility index (Phi) is 11.3. The summed E-state index contributed by atoms with van der Waals surface area (Å²) in [4.78, 5) is 14.3. The summed E-state index contributed by atoms with van der Waals surface area (Å²) in [5.41, 5.74) is 0.714. The van der Waals surface area contributed by atoms with Gasteiger partial charge in [0.1, 0.15) is 11.4 Å². The van der Waals surface area contributed by atoms with E-state index in [2.05, 4.69) is 17.0 Å². The third-order valence-electron chi connectivity index (χ3n) is 5.22. The van der Waals surface area contributed by atoms with Crippen LogP contribution in [-0.4, -0.2) is 63.0 Å². The van der Waals surface area contributed by atoms with E-state index in [1.54, 1.807) is 7.11 Å². The normalized spacial score (nSPS) is 17.5. The van der Waals surface area contributed by atoms with Crippen LogP contribution in [0.2, 0.25) is 0 Å². The molecule has 31 heavy (non-hydrogen) atoms. The van der Waals surface area contributed by atoms with Gasteiger partial charge in [-0.2, -0.15) is 0 Å².